The second-order valence-electron chi connectivity index (χ2n) is 5.23. The van der Waals surface area contributed by atoms with Gasteiger partial charge in [-0.05, 0) is 36.8 Å². The van der Waals surface area contributed by atoms with E-state index in [-0.39, 0.29) is 17.8 Å². The molecule has 0 saturated heterocycles. The van der Waals surface area contributed by atoms with Crippen LogP contribution in [0.1, 0.15) is 38.3 Å². The number of esters is 1. The van der Waals surface area contributed by atoms with Gasteiger partial charge >= 0.3 is 5.97 Å². The van der Waals surface area contributed by atoms with Crippen LogP contribution in [0.25, 0.3) is 0 Å². The Balaban J connectivity index is 2.46. The van der Waals surface area contributed by atoms with Crippen molar-refractivity contribution < 1.29 is 9.53 Å². The molecular formula is C16H23ClO2. The maximum atomic E-state index is 11.3. The van der Waals surface area contributed by atoms with E-state index >= 15 is 0 Å². The van der Waals surface area contributed by atoms with Crippen LogP contribution in [-0.2, 0) is 22.4 Å². The quantitative estimate of drug-likeness (QED) is 0.558. The maximum Gasteiger partial charge on any atom is 0.307 e. The van der Waals surface area contributed by atoms with Crippen molar-refractivity contribution in [3.05, 3.63) is 35.4 Å². The van der Waals surface area contributed by atoms with Gasteiger partial charge in [-0.1, -0.05) is 38.1 Å². The molecule has 1 aromatic rings. The van der Waals surface area contributed by atoms with E-state index in [1.807, 2.05) is 0 Å². The summed E-state index contributed by atoms with van der Waals surface area (Å²) >= 11 is 6.17. The lowest BCUT2D eigenvalue weighted by molar-refractivity contribution is -0.143. The molecule has 1 atom stereocenters. The molecule has 0 aromatic heterocycles. The molecule has 0 aliphatic carbocycles. The van der Waals surface area contributed by atoms with Crippen LogP contribution >= 0.6 is 11.6 Å². The van der Waals surface area contributed by atoms with E-state index in [1.165, 1.54) is 5.56 Å². The number of rotatable bonds is 7. The molecule has 0 N–H and O–H groups in total. The summed E-state index contributed by atoms with van der Waals surface area (Å²) in [6.45, 7) is 6.63. The first kappa shape index (κ1) is 16.0. The van der Waals surface area contributed by atoms with Gasteiger partial charge in [0, 0.05) is 5.38 Å². The molecule has 1 unspecified atom stereocenters. The summed E-state index contributed by atoms with van der Waals surface area (Å²) in [5.74, 6) is 0.439. The lowest BCUT2D eigenvalue weighted by Gasteiger charge is -2.10. The zero-order valence-corrected chi connectivity index (χ0v) is 12.7. The molecule has 0 saturated carbocycles. The number of alkyl halides is 1. The molecule has 19 heavy (non-hydrogen) atoms. The Morgan fingerprint density at radius 2 is 1.68 bits per heavy atom. The van der Waals surface area contributed by atoms with Gasteiger partial charge in [0.2, 0.25) is 0 Å². The highest BCUT2D eigenvalue weighted by molar-refractivity contribution is 6.21. The Labute approximate surface area is 121 Å². The number of ether oxygens (including phenoxy) is 1. The standard InChI is InChI=1S/C16H23ClO2/c1-4-19-16(18)11-15(17)10-14-7-5-13(6-8-14)9-12(2)3/h5-8,12,15H,4,9-11H2,1-3H3. The summed E-state index contributed by atoms with van der Waals surface area (Å²) in [7, 11) is 0. The predicted molar refractivity (Wildman–Crippen MR) is 79.6 cm³/mol. The Kier molecular flexibility index (Phi) is 6.93. The predicted octanol–water partition coefficient (Wildman–Crippen LogP) is 3.99. The van der Waals surface area contributed by atoms with Crippen molar-refractivity contribution in [2.45, 2.75) is 45.4 Å². The number of benzene rings is 1. The molecule has 1 aromatic carbocycles. The summed E-state index contributed by atoms with van der Waals surface area (Å²) in [5.41, 5.74) is 2.51. The minimum atomic E-state index is -0.223. The van der Waals surface area contributed by atoms with Gasteiger partial charge in [0.1, 0.15) is 0 Å². The van der Waals surface area contributed by atoms with Gasteiger partial charge in [-0.25, -0.2) is 0 Å². The molecule has 0 aliphatic heterocycles. The van der Waals surface area contributed by atoms with E-state index in [0.717, 1.165) is 12.0 Å². The molecule has 1 rings (SSSR count). The first-order valence-electron chi connectivity index (χ1n) is 6.88. The number of carbonyl (C=O) groups is 1. The SMILES string of the molecule is CCOC(=O)CC(Cl)Cc1ccc(CC(C)C)cc1. The third-order valence-electron chi connectivity index (χ3n) is 2.82. The summed E-state index contributed by atoms with van der Waals surface area (Å²) in [5, 5.41) is -0.199. The van der Waals surface area contributed by atoms with Gasteiger partial charge in [0.25, 0.3) is 0 Å². The van der Waals surface area contributed by atoms with Crippen molar-refractivity contribution >= 4 is 17.6 Å². The van der Waals surface area contributed by atoms with Crippen molar-refractivity contribution in [3.8, 4) is 0 Å². The second-order valence-corrected chi connectivity index (χ2v) is 5.84. The van der Waals surface area contributed by atoms with E-state index in [0.29, 0.717) is 18.9 Å². The van der Waals surface area contributed by atoms with Gasteiger partial charge in [-0.3, -0.25) is 4.79 Å². The third-order valence-corrected chi connectivity index (χ3v) is 3.13. The van der Waals surface area contributed by atoms with Crippen LogP contribution in [0.15, 0.2) is 24.3 Å². The molecule has 0 spiro atoms. The smallest absolute Gasteiger partial charge is 0.307 e. The molecule has 106 valence electrons. The van der Waals surface area contributed by atoms with Gasteiger partial charge in [-0.15, -0.1) is 11.6 Å². The van der Waals surface area contributed by atoms with Crippen molar-refractivity contribution in [1.82, 2.24) is 0 Å². The van der Waals surface area contributed by atoms with Crippen molar-refractivity contribution in [3.63, 3.8) is 0 Å². The molecular weight excluding hydrogens is 260 g/mol. The fraction of sp³-hybridized carbons (Fsp3) is 0.562. The molecule has 0 fully saturated rings. The number of carbonyl (C=O) groups excluding carboxylic acids is 1. The third kappa shape index (κ3) is 6.63. The van der Waals surface area contributed by atoms with Crippen LogP contribution < -0.4 is 0 Å². The van der Waals surface area contributed by atoms with Gasteiger partial charge in [-0.2, -0.15) is 0 Å². The van der Waals surface area contributed by atoms with Crippen molar-refractivity contribution in [2.24, 2.45) is 5.92 Å². The Hall–Kier alpha value is -1.02. The zero-order chi connectivity index (χ0) is 14.3. The van der Waals surface area contributed by atoms with Crippen LogP contribution in [0.4, 0.5) is 0 Å². The highest BCUT2D eigenvalue weighted by Crippen LogP contribution is 2.15. The van der Waals surface area contributed by atoms with E-state index < -0.39 is 0 Å². The fourth-order valence-corrected chi connectivity index (χ4v) is 2.32. The molecule has 0 heterocycles. The molecule has 2 nitrogen and oxygen atoms in total. The lowest BCUT2D eigenvalue weighted by atomic mass is 10.00. The molecule has 0 amide bonds. The molecule has 0 aliphatic rings. The van der Waals surface area contributed by atoms with E-state index in [2.05, 4.69) is 38.1 Å². The zero-order valence-electron chi connectivity index (χ0n) is 12.0. The summed E-state index contributed by atoms with van der Waals surface area (Å²) < 4.78 is 4.89. The highest BCUT2D eigenvalue weighted by Gasteiger charge is 2.12. The average molecular weight is 283 g/mol. The Morgan fingerprint density at radius 1 is 1.16 bits per heavy atom. The fourth-order valence-electron chi connectivity index (χ4n) is 2.01. The van der Waals surface area contributed by atoms with E-state index in [9.17, 15) is 4.79 Å². The Morgan fingerprint density at radius 3 is 2.16 bits per heavy atom. The normalized spacial score (nSPS) is 12.5. The van der Waals surface area contributed by atoms with Gasteiger partial charge in [0.05, 0.1) is 13.0 Å². The summed E-state index contributed by atoms with van der Waals surface area (Å²) in [4.78, 5) is 11.3. The number of hydrogen-bond donors (Lipinski definition) is 0. The van der Waals surface area contributed by atoms with Crippen LogP contribution in [0.2, 0.25) is 0 Å². The number of halogens is 1. The van der Waals surface area contributed by atoms with Crippen molar-refractivity contribution in [2.75, 3.05) is 6.61 Å². The van der Waals surface area contributed by atoms with Crippen LogP contribution in [0, 0.1) is 5.92 Å². The summed E-state index contributed by atoms with van der Waals surface area (Å²) in [6, 6.07) is 8.48. The number of hydrogen-bond acceptors (Lipinski definition) is 2. The Bertz CT molecular complexity index is 384. The van der Waals surface area contributed by atoms with Crippen LogP contribution in [0.3, 0.4) is 0 Å². The monoisotopic (exact) mass is 282 g/mol. The van der Waals surface area contributed by atoms with Crippen LogP contribution in [0.5, 0.6) is 0 Å². The minimum absolute atomic E-state index is 0.199. The van der Waals surface area contributed by atoms with Crippen LogP contribution in [-0.4, -0.2) is 18.0 Å². The first-order valence-corrected chi connectivity index (χ1v) is 7.32. The largest absolute Gasteiger partial charge is 0.466 e. The summed E-state index contributed by atoms with van der Waals surface area (Å²) in [6.07, 6.45) is 2.05. The maximum absolute atomic E-state index is 11.3. The highest BCUT2D eigenvalue weighted by atomic mass is 35.5. The molecule has 3 heteroatoms. The minimum Gasteiger partial charge on any atom is -0.466 e. The van der Waals surface area contributed by atoms with Crippen molar-refractivity contribution in [1.29, 1.82) is 0 Å². The average Bonchev–Trinajstić information content (AvgIpc) is 2.31. The van der Waals surface area contributed by atoms with Gasteiger partial charge < -0.3 is 4.74 Å². The van der Waals surface area contributed by atoms with E-state index in [4.69, 9.17) is 16.3 Å². The van der Waals surface area contributed by atoms with E-state index in [1.54, 1.807) is 6.92 Å². The molecule has 0 bridgehead atoms. The second kappa shape index (κ2) is 8.21. The lowest BCUT2D eigenvalue weighted by Crippen LogP contribution is -2.13. The molecule has 0 radical (unpaired) electrons. The van der Waals surface area contributed by atoms with Gasteiger partial charge in [0.15, 0.2) is 0 Å². The topological polar surface area (TPSA) is 26.3 Å². The first-order chi connectivity index (χ1) is 9.01.